The third kappa shape index (κ3) is 8.72. The Morgan fingerprint density at radius 2 is 1.44 bits per heavy atom. The molecule has 0 aliphatic rings. The van der Waals surface area contributed by atoms with Gasteiger partial charge in [-0.25, -0.2) is 0 Å². The van der Waals surface area contributed by atoms with Crippen LogP contribution in [0.5, 0.6) is 0 Å². The van der Waals surface area contributed by atoms with Crippen LogP contribution in [0.4, 0.5) is 0 Å². The normalized spacial score (nSPS) is 10.0. The Hall–Kier alpha value is 0.719. The zero-order valence-electron chi connectivity index (χ0n) is 6.33. The SMILES string of the molecule is CNC[CH2][Sn][CH2]CNC. The Labute approximate surface area is 68.0 Å². The molecule has 2 N–H and O–H groups in total. The Morgan fingerprint density at radius 3 is 1.78 bits per heavy atom. The van der Waals surface area contributed by atoms with Crippen LogP contribution >= 0.6 is 0 Å². The summed E-state index contributed by atoms with van der Waals surface area (Å²) in [5.41, 5.74) is 0. The molecule has 0 atom stereocenters. The average molecular weight is 235 g/mol. The molecule has 0 aromatic heterocycles. The summed E-state index contributed by atoms with van der Waals surface area (Å²) in [6, 6.07) is 0. The second-order valence-corrected chi connectivity index (χ2v) is 6.24. The van der Waals surface area contributed by atoms with E-state index in [1.807, 2.05) is 14.1 Å². The summed E-state index contributed by atoms with van der Waals surface area (Å²) in [7, 11) is 4.05. The van der Waals surface area contributed by atoms with Gasteiger partial charge >= 0.3 is 67.8 Å². The molecule has 0 bridgehead atoms. The van der Waals surface area contributed by atoms with Gasteiger partial charge in [-0.15, -0.1) is 0 Å². The van der Waals surface area contributed by atoms with Gasteiger partial charge in [0.1, 0.15) is 0 Å². The predicted octanol–water partition coefficient (Wildman–Crippen LogP) is -0.0340. The Kier molecular flexibility index (Phi) is 9.41. The van der Waals surface area contributed by atoms with Crippen LogP contribution in [0.3, 0.4) is 0 Å². The van der Waals surface area contributed by atoms with E-state index >= 15 is 0 Å². The van der Waals surface area contributed by atoms with Gasteiger partial charge < -0.3 is 0 Å². The summed E-state index contributed by atoms with van der Waals surface area (Å²) < 4.78 is 2.95. The van der Waals surface area contributed by atoms with E-state index < -0.39 is 0 Å². The third-order valence-electron chi connectivity index (χ3n) is 1.10. The van der Waals surface area contributed by atoms with Crippen LogP contribution in [-0.2, 0) is 0 Å². The molecule has 0 amide bonds. The number of hydrogen-bond acceptors (Lipinski definition) is 2. The van der Waals surface area contributed by atoms with Crippen molar-refractivity contribution in [2.75, 3.05) is 27.2 Å². The van der Waals surface area contributed by atoms with Gasteiger partial charge in [0.2, 0.25) is 0 Å². The molecule has 0 aromatic carbocycles. The minimum atomic E-state index is 0.0245. The topological polar surface area (TPSA) is 24.1 Å². The summed E-state index contributed by atoms with van der Waals surface area (Å²) in [4.78, 5) is 0. The zero-order valence-corrected chi connectivity index (χ0v) is 9.18. The monoisotopic (exact) mass is 236 g/mol. The third-order valence-corrected chi connectivity index (χ3v) is 4.55. The molecule has 9 heavy (non-hydrogen) atoms. The first-order valence-electron chi connectivity index (χ1n) is 3.41. The zero-order chi connectivity index (χ0) is 6.95. The predicted molar refractivity (Wildman–Crippen MR) is 43.2 cm³/mol. The molecule has 0 rings (SSSR count). The maximum absolute atomic E-state index is 3.17. The maximum atomic E-state index is 3.17. The van der Waals surface area contributed by atoms with Crippen molar-refractivity contribution < 1.29 is 0 Å². The van der Waals surface area contributed by atoms with Crippen molar-refractivity contribution in [2.24, 2.45) is 0 Å². The van der Waals surface area contributed by atoms with Crippen molar-refractivity contribution in [3.63, 3.8) is 0 Å². The summed E-state index contributed by atoms with van der Waals surface area (Å²) in [6.07, 6.45) is 0. The molecule has 0 heterocycles. The first kappa shape index (κ1) is 9.72. The molecular weight excluding hydrogens is 219 g/mol. The van der Waals surface area contributed by atoms with Gasteiger partial charge in [0.25, 0.3) is 0 Å². The van der Waals surface area contributed by atoms with Gasteiger partial charge in [0, 0.05) is 0 Å². The van der Waals surface area contributed by atoms with Crippen LogP contribution in [0.2, 0.25) is 8.87 Å². The van der Waals surface area contributed by atoms with Crippen molar-refractivity contribution in [3.8, 4) is 0 Å². The fourth-order valence-electron chi connectivity index (χ4n) is 0.552. The summed E-state index contributed by atoms with van der Waals surface area (Å²) >= 11 is 0.0245. The van der Waals surface area contributed by atoms with Crippen molar-refractivity contribution in [1.82, 2.24) is 10.6 Å². The van der Waals surface area contributed by atoms with Crippen molar-refractivity contribution in [2.45, 2.75) is 8.87 Å². The molecule has 0 unspecified atom stereocenters. The first-order chi connectivity index (χ1) is 4.41. The van der Waals surface area contributed by atoms with Crippen LogP contribution < -0.4 is 10.6 Å². The van der Waals surface area contributed by atoms with Crippen LogP contribution in [0.25, 0.3) is 0 Å². The molecule has 0 aliphatic heterocycles. The molecule has 0 saturated heterocycles. The molecule has 0 aliphatic carbocycles. The van der Waals surface area contributed by atoms with Crippen molar-refractivity contribution in [1.29, 1.82) is 0 Å². The van der Waals surface area contributed by atoms with E-state index in [-0.39, 0.29) is 21.1 Å². The molecular formula is C6H16N2Sn. The molecule has 0 aromatic rings. The Morgan fingerprint density at radius 1 is 1.00 bits per heavy atom. The first-order valence-corrected chi connectivity index (χ1v) is 7.45. The van der Waals surface area contributed by atoms with E-state index in [1.54, 1.807) is 0 Å². The molecule has 0 fully saturated rings. The van der Waals surface area contributed by atoms with Crippen LogP contribution in [0, 0.1) is 0 Å². The van der Waals surface area contributed by atoms with Gasteiger partial charge in [-0.2, -0.15) is 0 Å². The minimum absolute atomic E-state index is 0.0245. The number of hydrogen-bond donors (Lipinski definition) is 2. The fourth-order valence-corrected chi connectivity index (χ4v) is 3.70. The van der Waals surface area contributed by atoms with Gasteiger partial charge in [-0.1, -0.05) is 0 Å². The average Bonchev–Trinajstić information content (AvgIpc) is 1.89. The summed E-state index contributed by atoms with van der Waals surface area (Å²) in [5, 5.41) is 6.33. The number of nitrogens with one attached hydrogen (secondary N) is 2. The van der Waals surface area contributed by atoms with Crippen molar-refractivity contribution in [3.05, 3.63) is 0 Å². The second-order valence-electron chi connectivity index (χ2n) is 1.96. The van der Waals surface area contributed by atoms with E-state index in [1.165, 1.54) is 22.0 Å². The summed E-state index contributed by atoms with van der Waals surface area (Å²) in [5.74, 6) is 0. The molecule has 0 spiro atoms. The Balaban J connectivity index is 2.60. The standard InChI is InChI=1S/2C3H8N.Sn/c2*1-3-4-2;/h2*4H,1,3H2,2H3;. The van der Waals surface area contributed by atoms with E-state index in [0.717, 1.165) is 0 Å². The Bertz CT molecular complexity index is 44.3. The molecule has 2 radical (unpaired) electrons. The van der Waals surface area contributed by atoms with Crippen molar-refractivity contribution >= 4 is 21.1 Å². The molecule has 2 nitrogen and oxygen atoms in total. The van der Waals surface area contributed by atoms with Crippen LogP contribution in [0.1, 0.15) is 0 Å². The molecule has 0 saturated carbocycles. The quantitative estimate of drug-likeness (QED) is 0.498. The van der Waals surface area contributed by atoms with Crippen LogP contribution in [-0.4, -0.2) is 48.3 Å². The van der Waals surface area contributed by atoms with Gasteiger partial charge in [-0.05, 0) is 0 Å². The molecule has 3 heteroatoms. The molecule has 54 valence electrons. The fraction of sp³-hybridized carbons (Fsp3) is 1.00. The number of rotatable bonds is 6. The van der Waals surface area contributed by atoms with E-state index in [0.29, 0.717) is 0 Å². The van der Waals surface area contributed by atoms with E-state index in [4.69, 9.17) is 0 Å². The van der Waals surface area contributed by atoms with Crippen LogP contribution in [0.15, 0.2) is 0 Å². The van der Waals surface area contributed by atoms with Gasteiger partial charge in [0.15, 0.2) is 0 Å². The van der Waals surface area contributed by atoms with E-state index in [2.05, 4.69) is 10.6 Å². The van der Waals surface area contributed by atoms with Gasteiger partial charge in [-0.3, -0.25) is 0 Å². The second kappa shape index (κ2) is 8.72. The van der Waals surface area contributed by atoms with Gasteiger partial charge in [0.05, 0.1) is 0 Å². The summed E-state index contributed by atoms with van der Waals surface area (Å²) in [6.45, 7) is 2.46. The van der Waals surface area contributed by atoms with E-state index in [9.17, 15) is 0 Å².